The Kier molecular flexibility index (Phi) is 4.20. The Hall–Kier alpha value is -1.84. The molecule has 0 heterocycles. The first-order valence-electron chi connectivity index (χ1n) is 6.66. The van der Waals surface area contributed by atoms with Gasteiger partial charge in [0.05, 0.1) is 12.0 Å². The topological polar surface area (TPSA) is 66.4 Å². The van der Waals surface area contributed by atoms with Crippen LogP contribution in [0, 0.1) is 11.8 Å². The van der Waals surface area contributed by atoms with Crippen molar-refractivity contribution in [3.63, 3.8) is 0 Å². The van der Waals surface area contributed by atoms with E-state index in [0.717, 1.165) is 5.56 Å². The Labute approximate surface area is 112 Å². The summed E-state index contributed by atoms with van der Waals surface area (Å²) in [5.41, 5.74) is 1.06. The molecule has 0 aromatic heterocycles. The minimum atomic E-state index is -0.786. The summed E-state index contributed by atoms with van der Waals surface area (Å²) in [4.78, 5) is 23.0. The van der Waals surface area contributed by atoms with Crippen LogP contribution in [0.5, 0.6) is 0 Å². The van der Waals surface area contributed by atoms with Gasteiger partial charge < -0.3 is 10.4 Å². The van der Waals surface area contributed by atoms with Crippen LogP contribution in [0.4, 0.5) is 0 Å². The first kappa shape index (κ1) is 13.6. The normalized spacial score (nSPS) is 23.8. The Bertz CT molecular complexity index is 458. The molecule has 0 spiro atoms. The molecule has 0 unspecified atom stereocenters. The molecule has 2 rings (SSSR count). The smallest absolute Gasteiger partial charge is 0.306 e. The molecule has 3 atom stereocenters. The van der Waals surface area contributed by atoms with Gasteiger partial charge in [-0.3, -0.25) is 9.59 Å². The SMILES string of the molecule is C[C@@H](NC(=O)[C@@H]1CC[C@H](C(=O)O)C1)c1ccccc1. The van der Waals surface area contributed by atoms with Gasteiger partial charge in [0.15, 0.2) is 0 Å². The molecule has 1 fully saturated rings. The highest BCUT2D eigenvalue weighted by Crippen LogP contribution is 2.31. The van der Waals surface area contributed by atoms with Crippen molar-refractivity contribution >= 4 is 11.9 Å². The molecule has 2 N–H and O–H groups in total. The van der Waals surface area contributed by atoms with Crippen LogP contribution in [0.25, 0.3) is 0 Å². The number of hydrogen-bond acceptors (Lipinski definition) is 2. The standard InChI is InChI=1S/C15H19NO3/c1-10(11-5-3-2-4-6-11)16-14(17)12-7-8-13(9-12)15(18)19/h2-6,10,12-13H,7-9H2,1H3,(H,16,17)(H,18,19)/t10-,12-,13+/m1/s1. The lowest BCUT2D eigenvalue weighted by atomic mass is 10.0. The largest absolute Gasteiger partial charge is 0.481 e. The van der Waals surface area contributed by atoms with E-state index in [1.165, 1.54) is 0 Å². The second-order valence-electron chi connectivity index (χ2n) is 5.19. The zero-order chi connectivity index (χ0) is 13.8. The van der Waals surface area contributed by atoms with Gasteiger partial charge in [-0.05, 0) is 31.7 Å². The molecule has 0 saturated heterocycles. The molecular weight excluding hydrogens is 242 g/mol. The van der Waals surface area contributed by atoms with Crippen LogP contribution in [-0.2, 0) is 9.59 Å². The molecule has 19 heavy (non-hydrogen) atoms. The van der Waals surface area contributed by atoms with E-state index in [-0.39, 0.29) is 23.8 Å². The summed E-state index contributed by atoms with van der Waals surface area (Å²) in [5.74, 6) is -1.33. The van der Waals surface area contributed by atoms with Gasteiger partial charge in [-0.2, -0.15) is 0 Å². The summed E-state index contributed by atoms with van der Waals surface area (Å²) >= 11 is 0. The molecule has 1 aliphatic rings. The fourth-order valence-corrected chi connectivity index (χ4v) is 2.60. The van der Waals surface area contributed by atoms with Crippen LogP contribution in [-0.4, -0.2) is 17.0 Å². The molecular formula is C15H19NO3. The molecule has 4 nitrogen and oxygen atoms in total. The fourth-order valence-electron chi connectivity index (χ4n) is 2.60. The number of amides is 1. The molecule has 1 aromatic carbocycles. The highest BCUT2D eigenvalue weighted by molar-refractivity contribution is 5.81. The third-order valence-electron chi connectivity index (χ3n) is 3.81. The van der Waals surface area contributed by atoms with Crippen molar-refractivity contribution in [2.75, 3.05) is 0 Å². The highest BCUT2D eigenvalue weighted by atomic mass is 16.4. The molecule has 1 aromatic rings. The first-order chi connectivity index (χ1) is 9.08. The number of nitrogens with one attached hydrogen (secondary N) is 1. The van der Waals surface area contributed by atoms with Gasteiger partial charge in [0.25, 0.3) is 0 Å². The van der Waals surface area contributed by atoms with Gasteiger partial charge in [-0.25, -0.2) is 0 Å². The van der Waals surface area contributed by atoms with E-state index < -0.39 is 5.97 Å². The van der Waals surface area contributed by atoms with Crippen molar-refractivity contribution in [2.45, 2.75) is 32.2 Å². The number of carbonyl (C=O) groups is 2. The second-order valence-corrected chi connectivity index (χ2v) is 5.19. The first-order valence-corrected chi connectivity index (χ1v) is 6.66. The number of benzene rings is 1. The van der Waals surface area contributed by atoms with Crippen LogP contribution in [0.3, 0.4) is 0 Å². The molecule has 0 aliphatic heterocycles. The quantitative estimate of drug-likeness (QED) is 0.874. The molecule has 0 radical (unpaired) electrons. The predicted octanol–water partition coefficient (Wildman–Crippen LogP) is 2.36. The highest BCUT2D eigenvalue weighted by Gasteiger charge is 2.34. The number of aliphatic carboxylic acids is 1. The molecule has 1 aliphatic carbocycles. The molecule has 1 saturated carbocycles. The van der Waals surface area contributed by atoms with E-state index in [1.54, 1.807) is 0 Å². The van der Waals surface area contributed by atoms with Gasteiger partial charge >= 0.3 is 5.97 Å². The van der Waals surface area contributed by atoms with Crippen molar-refractivity contribution in [1.82, 2.24) is 5.32 Å². The summed E-state index contributed by atoms with van der Waals surface area (Å²) in [6.07, 6.45) is 1.74. The van der Waals surface area contributed by atoms with Crippen molar-refractivity contribution in [3.05, 3.63) is 35.9 Å². The third kappa shape index (κ3) is 3.34. The minimum Gasteiger partial charge on any atom is -0.481 e. The summed E-state index contributed by atoms with van der Waals surface area (Å²) < 4.78 is 0. The molecule has 4 heteroatoms. The van der Waals surface area contributed by atoms with Gasteiger partial charge in [-0.1, -0.05) is 30.3 Å². The van der Waals surface area contributed by atoms with Crippen LogP contribution in [0.1, 0.15) is 37.8 Å². The Morgan fingerprint density at radius 2 is 1.84 bits per heavy atom. The predicted molar refractivity (Wildman–Crippen MR) is 71.5 cm³/mol. The van der Waals surface area contributed by atoms with Gasteiger partial charge in [-0.15, -0.1) is 0 Å². The Morgan fingerprint density at radius 3 is 2.42 bits per heavy atom. The maximum atomic E-state index is 12.1. The van der Waals surface area contributed by atoms with E-state index in [0.29, 0.717) is 19.3 Å². The molecule has 0 bridgehead atoms. The summed E-state index contributed by atoms with van der Waals surface area (Å²) in [5, 5.41) is 11.9. The van der Waals surface area contributed by atoms with Gasteiger partial charge in [0, 0.05) is 5.92 Å². The van der Waals surface area contributed by atoms with Crippen molar-refractivity contribution in [3.8, 4) is 0 Å². The number of hydrogen-bond donors (Lipinski definition) is 2. The lowest BCUT2D eigenvalue weighted by molar-refractivity contribution is -0.141. The third-order valence-corrected chi connectivity index (χ3v) is 3.81. The van der Waals surface area contributed by atoms with Crippen molar-refractivity contribution in [1.29, 1.82) is 0 Å². The van der Waals surface area contributed by atoms with E-state index in [4.69, 9.17) is 5.11 Å². The fraction of sp³-hybridized carbons (Fsp3) is 0.467. The Morgan fingerprint density at radius 1 is 1.21 bits per heavy atom. The van der Waals surface area contributed by atoms with E-state index in [1.807, 2.05) is 37.3 Å². The van der Waals surface area contributed by atoms with Crippen LogP contribution >= 0.6 is 0 Å². The average Bonchev–Trinajstić information content (AvgIpc) is 2.89. The molecule has 1 amide bonds. The van der Waals surface area contributed by atoms with Gasteiger partial charge in [0.1, 0.15) is 0 Å². The van der Waals surface area contributed by atoms with Crippen LogP contribution < -0.4 is 5.32 Å². The van der Waals surface area contributed by atoms with E-state index >= 15 is 0 Å². The lowest BCUT2D eigenvalue weighted by Crippen LogP contribution is -2.32. The zero-order valence-electron chi connectivity index (χ0n) is 11.0. The second kappa shape index (κ2) is 5.87. The van der Waals surface area contributed by atoms with E-state index in [2.05, 4.69) is 5.32 Å². The summed E-state index contributed by atoms with van der Waals surface area (Å²) in [6, 6.07) is 9.71. The number of carboxylic acids is 1. The van der Waals surface area contributed by atoms with Crippen LogP contribution in [0.15, 0.2) is 30.3 Å². The number of rotatable bonds is 4. The summed E-state index contributed by atoms with van der Waals surface area (Å²) in [6.45, 7) is 1.94. The van der Waals surface area contributed by atoms with Crippen molar-refractivity contribution in [2.24, 2.45) is 11.8 Å². The zero-order valence-corrected chi connectivity index (χ0v) is 11.0. The number of carboxylic acid groups (broad SMARTS) is 1. The summed E-state index contributed by atoms with van der Waals surface area (Å²) in [7, 11) is 0. The van der Waals surface area contributed by atoms with Gasteiger partial charge in [0.2, 0.25) is 5.91 Å². The minimum absolute atomic E-state index is 0.0277. The van der Waals surface area contributed by atoms with E-state index in [9.17, 15) is 9.59 Å². The van der Waals surface area contributed by atoms with Crippen molar-refractivity contribution < 1.29 is 14.7 Å². The molecule has 102 valence electrons. The Balaban J connectivity index is 1.90. The number of carbonyl (C=O) groups excluding carboxylic acids is 1. The maximum Gasteiger partial charge on any atom is 0.306 e. The average molecular weight is 261 g/mol. The maximum absolute atomic E-state index is 12.1. The monoisotopic (exact) mass is 261 g/mol. The van der Waals surface area contributed by atoms with Crippen LogP contribution in [0.2, 0.25) is 0 Å². The lowest BCUT2D eigenvalue weighted by Gasteiger charge is -2.17.